The Morgan fingerprint density at radius 2 is 2.06 bits per heavy atom. The van der Waals surface area contributed by atoms with Crippen LogP contribution in [0.1, 0.15) is 42.6 Å². The van der Waals surface area contributed by atoms with Crippen LogP contribution >= 0.6 is 0 Å². The van der Waals surface area contributed by atoms with Crippen molar-refractivity contribution in [2.75, 3.05) is 33.2 Å². The second-order valence-corrected chi connectivity index (χ2v) is 5.61. The molecule has 1 unspecified atom stereocenters. The summed E-state index contributed by atoms with van der Waals surface area (Å²) in [6, 6.07) is 2.11. The lowest BCUT2D eigenvalue weighted by atomic mass is 9.93. The van der Waals surface area contributed by atoms with E-state index in [0.717, 1.165) is 18.9 Å². The Balaban J connectivity index is 1.74. The first-order chi connectivity index (χ1) is 8.83. The van der Waals surface area contributed by atoms with Crippen molar-refractivity contribution in [3.8, 4) is 0 Å². The van der Waals surface area contributed by atoms with Crippen molar-refractivity contribution in [3.63, 3.8) is 0 Å². The van der Waals surface area contributed by atoms with Crippen molar-refractivity contribution >= 4 is 0 Å². The molecule has 0 radical (unpaired) electrons. The van der Waals surface area contributed by atoms with E-state index in [2.05, 4.69) is 28.3 Å². The predicted molar refractivity (Wildman–Crippen MR) is 71.7 cm³/mol. The third kappa shape index (κ3) is 2.54. The van der Waals surface area contributed by atoms with E-state index in [1.54, 1.807) is 0 Å². The van der Waals surface area contributed by atoms with Crippen LogP contribution in [0.4, 0.5) is 0 Å². The van der Waals surface area contributed by atoms with Gasteiger partial charge in [0, 0.05) is 30.3 Å². The van der Waals surface area contributed by atoms with E-state index in [9.17, 15) is 0 Å². The molecular formula is C14H22N4. The molecule has 3 rings (SSSR count). The van der Waals surface area contributed by atoms with Crippen LogP contribution in [-0.2, 0) is 0 Å². The number of likely N-dealkylation sites (tertiary alicyclic amines) is 1. The van der Waals surface area contributed by atoms with Crippen molar-refractivity contribution in [3.05, 3.63) is 23.8 Å². The fraction of sp³-hybridized carbons (Fsp3) is 0.714. The zero-order chi connectivity index (χ0) is 12.4. The topological polar surface area (TPSA) is 41.1 Å². The number of nitrogens with zero attached hydrogens (tertiary/aromatic N) is 3. The molecule has 2 aliphatic rings. The van der Waals surface area contributed by atoms with Gasteiger partial charge in [-0.25, -0.2) is 9.97 Å². The van der Waals surface area contributed by atoms with Gasteiger partial charge in [0.2, 0.25) is 0 Å². The Kier molecular flexibility index (Phi) is 3.57. The predicted octanol–water partition coefficient (Wildman–Crippen LogP) is 1.36. The minimum Gasteiger partial charge on any atom is -0.316 e. The molecule has 98 valence electrons. The van der Waals surface area contributed by atoms with Gasteiger partial charge >= 0.3 is 0 Å². The van der Waals surface area contributed by atoms with E-state index in [-0.39, 0.29) is 0 Å². The van der Waals surface area contributed by atoms with Crippen molar-refractivity contribution in [1.29, 1.82) is 0 Å². The molecule has 1 aromatic heterocycles. The highest BCUT2D eigenvalue weighted by molar-refractivity contribution is 5.12. The molecule has 2 saturated heterocycles. The summed E-state index contributed by atoms with van der Waals surface area (Å²) < 4.78 is 0. The molecule has 1 atom stereocenters. The molecule has 0 aromatic carbocycles. The highest BCUT2D eigenvalue weighted by Gasteiger charge is 2.23. The first kappa shape index (κ1) is 12.1. The molecule has 0 amide bonds. The molecular weight excluding hydrogens is 224 g/mol. The molecule has 1 aromatic rings. The van der Waals surface area contributed by atoms with Gasteiger partial charge in [-0.3, -0.25) is 0 Å². The molecule has 4 heteroatoms. The molecule has 4 nitrogen and oxygen atoms in total. The molecule has 2 fully saturated rings. The van der Waals surface area contributed by atoms with E-state index in [4.69, 9.17) is 4.98 Å². The van der Waals surface area contributed by atoms with Crippen LogP contribution < -0.4 is 5.32 Å². The van der Waals surface area contributed by atoms with Gasteiger partial charge in [0.05, 0.1) is 0 Å². The highest BCUT2D eigenvalue weighted by atomic mass is 15.1. The average Bonchev–Trinajstić information content (AvgIpc) is 2.94. The van der Waals surface area contributed by atoms with Crippen LogP contribution in [0.5, 0.6) is 0 Å². The lowest BCUT2D eigenvalue weighted by Crippen LogP contribution is -2.29. The number of aromatic nitrogens is 2. The molecule has 2 aliphatic heterocycles. The third-order valence-electron chi connectivity index (χ3n) is 4.26. The maximum absolute atomic E-state index is 4.83. The van der Waals surface area contributed by atoms with Gasteiger partial charge in [0.25, 0.3) is 0 Å². The Bertz CT molecular complexity index is 393. The van der Waals surface area contributed by atoms with Gasteiger partial charge in [0.15, 0.2) is 0 Å². The molecule has 3 heterocycles. The lowest BCUT2D eigenvalue weighted by molar-refractivity contribution is 0.253. The summed E-state index contributed by atoms with van der Waals surface area (Å²) in [5.41, 5.74) is 1.26. The first-order valence-corrected chi connectivity index (χ1v) is 7.05. The monoisotopic (exact) mass is 246 g/mol. The zero-order valence-corrected chi connectivity index (χ0v) is 11.1. The van der Waals surface area contributed by atoms with E-state index in [1.165, 1.54) is 38.0 Å². The first-order valence-electron chi connectivity index (χ1n) is 7.05. The van der Waals surface area contributed by atoms with Crippen LogP contribution in [0.3, 0.4) is 0 Å². The molecule has 0 bridgehead atoms. The number of rotatable bonds is 2. The lowest BCUT2D eigenvalue weighted by Gasteiger charge is -2.28. The number of hydrogen-bond acceptors (Lipinski definition) is 4. The van der Waals surface area contributed by atoms with Crippen LogP contribution in [0, 0.1) is 0 Å². The molecule has 0 saturated carbocycles. The molecule has 0 spiro atoms. The van der Waals surface area contributed by atoms with Gasteiger partial charge < -0.3 is 10.2 Å². The fourth-order valence-corrected chi connectivity index (χ4v) is 2.99. The Hall–Kier alpha value is -1.00. The largest absolute Gasteiger partial charge is 0.316 e. The SMILES string of the molecule is CN1CCC(c2ccnc(C3CCNC3)n2)CC1. The van der Waals surface area contributed by atoms with Gasteiger partial charge in [0.1, 0.15) is 5.82 Å². The standard InChI is InChI=1S/C14H22N4/c1-18-8-4-11(5-9-18)13-3-7-16-14(17-13)12-2-6-15-10-12/h3,7,11-12,15H,2,4-6,8-10H2,1H3. The molecule has 1 N–H and O–H groups in total. The van der Waals surface area contributed by atoms with Crippen molar-refractivity contribution in [2.24, 2.45) is 0 Å². The van der Waals surface area contributed by atoms with E-state index < -0.39 is 0 Å². The summed E-state index contributed by atoms with van der Waals surface area (Å²) in [5.74, 6) is 2.21. The second kappa shape index (κ2) is 5.33. The van der Waals surface area contributed by atoms with E-state index >= 15 is 0 Å². The average molecular weight is 246 g/mol. The molecule has 0 aliphatic carbocycles. The number of piperidine rings is 1. The van der Waals surface area contributed by atoms with Crippen LogP contribution in [0.2, 0.25) is 0 Å². The smallest absolute Gasteiger partial charge is 0.132 e. The summed E-state index contributed by atoms with van der Waals surface area (Å²) in [7, 11) is 2.20. The van der Waals surface area contributed by atoms with Gasteiger partial charge in [-0.15, -0.1) is 0 Å². The van der Waals surface area contributed by atoms with Crippen LogP contribution in [-0.4, -0.2) is 48.1 Å². The van der Waals surface area contributed by atoms with Crippen molar-refractivity contribution in [1.82, 2.24) is 20.2 Å². The third-order valence-corrected chi connectivity index (χ3v) is 4.26. The summed E-state index contributed by atoms with van der Waals surface area (Å²) in [6.07, 6.45) is 5.59. The van der Waals surface area contributed by atoms with Crippen molar-refractivity contribution in [2.45, 2.75) is 31.1 Å². The molecule has 18 heavy (non-hydrogen) atoms. The number of nitrogens with one attached hydrogen (secondary N) is 1. The van der Waals surface area contributed by atoms with E-state index in [0.29, 0.717) is 11.8 Å². The summed E-state index contributed by atoms with van der Waals surface area (Å²) in [4.78, 5) is 11.7. The van der Waals surface area contributed by atoms with Crippen molar-refractivity contribution < 1.29 is 0 Å². The van der Waals surface area contributed by atoms with Gasteiger partial charge in [-0.1, -0.05) is 0 Å². The van der Waals surface area contributed by atoms with Crippen LogP contribution in [0.25, 0.3) is 0 Å². The fourth-order valence-electron chi connectivity index (χ4n) is 2.99. The minimum atomic E-state index is 0.524. The Labute approximate surface area is 109 Å². The van der Waals surface area contributed by atoms with Gasteiger partial charge in [-0.2, -0.15) is 0 Å². The number of hydrogen-bond donors (Lipinski definition) is 1. The van der Waals surface area contributed by atoms with Gasteiger partial charge in [-0.05, 0) is 52.0 Å². The maximum Gasteiger partial charge on any atom is 0.132 e. The summed E-state index contributed by atoms with van der Waals surface area (Å²) >= 11 is 0. The highest BCUT2D eigenvalue weighted by Crippen LogP contribution is 2.27. The maximum atomic E-state index is 4.83. The van der Waals surface area contributed by atoms with E-state index in [1.807, 2.05) is 6.20 Å². The summed E-state index contributed by atoms with van der Waals surface area (Å²) in [6.45, 7) is 4.52. The minimum absolute atomic E-state index is 0.524. The summed E-state index contributed by atoms with van der Waals surface area (Å²) in [5, 5.41) is 3.39. The quantitative estimate of drug-likeness (QED) is 0.855. The Morgan fingerprint density at radius 3 is 2.78 bits per heavy atom. The van der Waals surface area contributed by atoms with Crippen LogP contribution in [0.15, 0.2) is 12.3 Å². The zero-order valence-electron chi connectivity index (χ0n) is 11.1. The normalized spacial score (nSPS) is 26.6. The Morgan fingerprint density at radius 1 is 1.22 bits per heavy atom. The second-order valence-electron chi connectivity index (χ2n) is 5.61.